The van der Waals surface area contributed by atoms with Crippen molar-refractivity contribution in [1.29, 1.82) is 0 Å². The molecule has 0 aromatic carbocycles. The number of ether oxygens (including phenoxy) is 18. The first-order valence-corrected chi connectivity index (χ1v) is 37.8. The second-order valence-electron chi connectivity index (χ2n) is 23.7. The van der Waals surface area contributed by atoms with Crippen LogP contribution in [0.25, 0.3) is 0 Å². The SMILES string of the molecule is CCCCCCCC/C=C\CCCCCCCCOCC(COCCOCCOCCOCCOCCOCCOCCOCCOCCOCCOCCOCCOCCOC(=O)CNCCOC(=O)CNCCOC)OCCCCCCCC/C=C\CCCCCCCC. The van der Waals surface area contributed by atoms with Gasteiger partial charge in [0.15, 0.2) is 0 Å². The molecule has 1 unspecified atom stereocenters. The second kappa shape index (κ2) is 86.9. The van der Waals surface area contributed by atoms with Gasteiger partial charge in [-0.3, -0.25) is 9.59 Å². The van der Waals surface area contributed by atoms with Crippen LogP contribution in [0.1, 0.15) is 194 Å². The third-order valence-electron chi connectivity index (χ3n) is 14.9. The van der Waals surface area contributed by atoms with Gasteiger partial charge in [0.05, 0.1) is 198 Å². The summed E-state index contributed by atoms with van der Waals surface area (Å²) in [5.74, 6) is -0.784. The number of hydrogen-bond acceptors (Lipinski definition) is 22. The van der Waals surface area contributed by atoms with Crippen molar-refractivity contribution in [3.05, 3.63) is 24.3 Å². The highest BCUT2D eigenvalue weighted by Gasteiger charge is 2.11. The van der Waals surface area contributed by atoms with Crippen LogP contribution in [0.15, 0.2) is 24.3 Å². The molecule has 570 valence electrons. The minimum Gasteiger partial charge on any atom is -0.463 e. The Balaban J connectivity index is 3.69. The maximum atomic E-state index is 11.8. The molecule has 0 saturated carbocycles. The Bertz CT molecular complexity index is 1540. The van der Waals surface area contributed by atoms with Crippen LogP contribution in [0.5, 0.6) is 0 Å². The number of unbranched alkanes of at least 4 members (excludes halogenated alkanes) is 24. The maximum absolute atomic E-state index is 11.8. The summed E-state index contributed by atoms with van der Waals surface area (Å²) in [6.07, 6.45) is 46.0. The molecule has 0 saturated heterocycles. The van der Waals surface area contributed by atoms with Crippen LogP contribution in [-0.2, 0) is 94.9 Å². The summed E-state index contributed by atoms with van der Waals surface area (Å²) in [5, 5.41) is 5.76. The fourth-order valence-corrected chi connectivity index (χ4v) is 9.37. The average Bonchev–Trinajstić information content (AvgIpc) is 3.75. The Morgan fingerprint density at radius 1 is 0.271 bits per heavy atom. The molecule has 1 atom stereocenters. The standard InChI is InChI=1S/C74H144N2O20/c1-4-6-8-10-12-14-16-18-20-22-24-26-28-30-32-34-38-92-70-72(94-39-35-33-31-29-27-25-23-21-19-17-15-13-11-9-7-5-2)71-93-65-64-90-61-60-88-57-56-86-53-52-84-49-48-82-45-44-80-42-43-81-46-47-83-50-51-85-54-55-87-58-59-89-62-63-91-66-67-96-74(78)69-76-37-41-95-73(77)68-75-36-40-79-3/h18-21,72,75-76H,4-17,22-71H2,1-3H3/b20-18-,21-19-. The van der Waals surface area contributed by atoms with Gasteiger partial charge in [-0.05, 0) is 64.2 Å². The molecule has 2 N–H and O–H groups in total. The highest BCUT2D eigenvalue weighted by Crippen LogP contribution is 2.13. The van der Waals surface area contributed by atoms with E-state index in [0.29, 0.717) is 191 Å². The number of carbonyl (C=O) groups excluding carboxylic acids is 2. The number of carbonyl (C=O) groups is 2. The fourth-order valence-electron chi connectivity index (χ4n) is 9.37. The summed E-state index contributed by atoms with van der Waals surface area (Å²) in [4.78, 5) is 23.3. The zero-order chi connectivity index (χ0) is 69.0. The van der Waals surface area contributed by atoms with E-state index in [1.807, 2.05) is 0 Å². The van der Waals surface area contributed by atoms with Gasteiger partial charge in [-0.2, -0.15) is 0 Å². The summed E-state index contributed by atoms with van der Waals surface area (Å²) in [5.41, 5.74) is 0. The predicted molar refractivity (Wildman–Crippen MR) is 380 cm³/mol. The molecule has 0 aromatic heterocycles. The summed E-state index contributed by atoms with van der Waals surface area (Å²) in [6.45, 7) is 20.6. The molecule has 0 amide bonds. The first kappa shape index (κ1) is 93.7. The van der Waals surface area contributed by atoms with E-state index in [1.165, 1.54) is 167 Å². The quantitative estimate of drug-likeness (QED) is 0.0328. The highest BCUT2D eigenvalue weighted by molar-refractivity contribution is 5.72. The molecule has 22 nitrogen and oxygen atoms in total. The second-order valence-corrected chi connectivity index (χ2v) is 23.7. The van der Waals surface area contributed by atoms with Gasteiger partial charge in [-0.15, -0.1) is 0 Å². The van der Waals surface area contributed by atoms with Gasteiger partial charge in [0.25, 0.3) is 0 Å². The van der Waals surface area contributed by atoms with E-state index in [2.05, 4.69) is 48.8 Å². The lowest BCUT2D eigenvalue weighted by Gasteiger charge is -2.18. The Morgan fingerprint density at radius 3 is 0.844 bits per heavy atom. The zero-order valence-electron chi connectivity index (χ0n) is 61.3. The first-order chi connectivity index (χ1) is 47.6. The lowest BCUT2D eigenvalue weighted by molar-refractivity contribution is -0.144. The van der Waals surface area contributed by atoms with Crippen LogP contribution in [0.4, 0.5) is 0 Å². The number of rotatable bonds is 86. The number of methoxy groups -OCH3 is 1. The van der Waals surface area contributed by atoms with Gasteiger partial charge >= 0.3 is 11.9 Å². The molecular weight excluding hydrogens is 1240 g/mol. The van der Waals surface area contributed by atoms with E-state index in [1.54, 1.807) is 7.11 Å². The van der Waals surface area contributed by atoms with Crippen molar-refractivity contribution < 1.29 is 94.9 Å². The largest absolute Gasteiger partial charge is 0.463 e. The van der Waals surface area contributed by atoms with Gasteiger partial charge in [0, 0.05) is 33.4 Å². The Morgan fingerprint density at radius 2 is 0.521 bits per heavy atom. The van der Waals surface area contributed by atoms with Crippen molar-refractivity contribution in [3.63, 3.8) is 0 Å². The third-order valence-corrected chi connectivity index (χ3v) is 14.9. The summed E-state index contributed by atoms with van der Waals surface area (Å²) < 4.78 is 100. The van der Waals surface area contributed by atoms with Crippen LogP contribution < -0.4 is 10.6 Å². The monoisotopic (exact) mass is 1380 g/mol. The van der Waals surface area contributed by atoms with Crippen LogP contribution in [0.2, 0.25) is 0 Å². The van der Waals surface area contributed by atoms with Crippen LogP contribution in [0.3, 0.4) is 0 Å². The number of nitrogens with one attached hydrogen (secondary N) is 2. The van der Waals surface area contributed by atoms with Crippen LogP contribution in [0, 0.1) is 0 Å². The molecule has 22 heteroatoms. The van der Waals surface area contributed by atoms with E-state index < -0.39 is 5.97 Å². The van der Waals surface area contributed by atoms with Crippen molar-refractivity contribution in [3.8, 4) is 0 Å². The van der Waals surface area contributed by atoms with E-state index in [4.69, 9.17) is 85.3 Å². The van der Waals surface area contributed by atoms with Crippen molar-refractivity contribution in [2.24, 2.45) is 0 Å². The molecule has 0 bridgehead atoms. The highest BCUT2D eigenvalue weighted by atomic mass is 16.6. The molecule has 0 radical (unpaired) electrons. The predicted octanol–water partition coefficient (Wildman–Crippen LogP) is 11.6. The maximum Gasteiger partial charge on any atom is 0.320 e. The van der Waals surface area contributed by atoms with Gasteiger partial charge in [-0.25, -0.2) is 0 Å². The molecule has 0 aliphatic heterocycles. The van der Waals surface area contributed by atoms with Crippen molar-refractivity contribution >= 4 is 11.9 Å². The van der Waals surface area contributed by atoms with Crippen LogP contribution >= 0.6 is 0 Å². The number of allylic oxidation sites excluding steroid dienone is 4. The first-order valence-electron chi connectivity index (χ1n) is 37.8. The van der Waals surface area contributed by atoms with E-state index >= 15 is 0 Å². The molecular formula is C74H144N2O20. The lowest BCUT2D eigenvalue weighted by Crippen LogP contribution is -2.31. The Labute approximate surface area is 583 Å². The fraction of sp³-hybridized carbons (Fsp3) is 0.919. The normalized spacial score (nSPS) is 12.2. The van der Waals surface area contributed by atoms with Crippen molar-refractivity contribution in [1.82, 2.24) is 10.6 Å². The minimum absolute atomic E-state index is 0.0117. The Kier molecular flexibility index (Phi) is 84.8. The van der Waals surface area contributed by atoms with Crippen molar-refractivity contribution in [2.45, 2.75) is 200 Å². The molecule has 0 rings (SSSR count). The molecule has 0 fully saturated rings. The summed E-state index contributed by atoms with van der Waals surface area (Å²) >= 11 is 0. The molecule has 0 aliphatic carbocycles. The van der Waals surface area contributed by atoms with E-state index in [9.17, 15) is 9.59 Å². The molecule has 0 heterocycles. The minimum atomic E-state index is -0.416. The zero-order valence-corrected chi connectivity index (χ0v) is 61.3. The van der Waals surface area contributed by atoms with E-state index in [-0.39, 0.29) is 45.0 Å². The lowest BCUT2D eigenvalue weighted by atomic mass is 10.1. The topological polar surface area (TPSA) is 224 Å². The molecule has 0 aromatic rings. The van der Waals surface area contributed by atoms with E-state index in [0.717, 1.165) is 26.1 Å². The summed E-state index contributed by atoms with van der Waals surface area (Å²) in [6, 6.07) is 0. The number of esters is 2. The molecule has 0 aliphatic rings. The van der Waals surface area contributed by atoms with Gasteiger partial charge < -0.3 is 95.9 Å². The van der Waals surface area contributed by atoms with Gasteiger partial charge in [0.1, 0.15) is 19.3 Å². The van der Waals surface area contributed by atoms with Gasteiger partial charge in [0.2, 0.25) is 0 Å². The average molecular weight is 1380 g/mol. The van der Waals surface area contributed by atoms with Gasteiger partial charge in [-0.1, -0.05) is 154 Å². The third kappa shape index (κ3) is 84.1. The summed E-state index contributed by atoms with van der Waals surface area (Å²) in [7, 11) is 1.59. The van der Waals surface area contributed by atoms with Crippen molar-refractivity contribution in [2.75, 3.05) is 245 Å². The molecule has 96 heavy (non-hydrogen) atoms. The smallest absolute Gasteiger partial charge is 0.320 e. The Hall–Kier alpha value is -2.30. The van der Waals surface area contributed by atoms with Crippen LogP contribution in [-0.4, -0.2) is 263 Å². The number of hydrogen-bond donors (Lipinski definition) is 2. The molecule has 0 spiro atoms.